The van der Waals surface area contributed by atoms with Crippen molar-refractivity contribution in [3.05, 3.63) is 29.8 Å². The number of aliphatic carboxylic acids is 2. The van der Waals surface area contributed by atoms with Crippen LogP contribution in [0.1, 0.15) is 25.3 Å². The van der Waals surface area contributed by atoms with Gasteiger partial charge in [-0.1, -0.05) is 12.1 Å². The molecule has 0 aromatic heterocycles. The van der Waals surface area contributed by atoms with Crippen molar-refractivity contribution < 1.29 is 44.4 Å². The van der Waals surface area contributed by atoms with Crippen molar-refractivity contribution in [2.45, 2.75) is 56.5 Å². The number of nitrogens with one attached hydrogen (secondary N) is 3. The minimum Gasteiger partial charge on any atom is -0.508 e. The van der Waals surface area contributed by atoms with E-state index < -0.39 is 66.4 Å². The van der Waals surface area contributed by atoms with Crippen LogP contribution >= 0.6 is 12.6 Å². The number of carbonyl (C=O) groups excluding carboxylic acids is 3. The maximum atomic E-state index is 13.1. The summed E-state index contributed by atoms with van der Waals surface area (Å²) in [5.74, 6) is -5.59. The van der Waals surface area contributed by atoms with Gasteiger partial charge in [0.2, 0.25) is 17.7 Å². The van der Waals surface area contributed by atoms with E-state index in [1.54, 1.807) is 0 Å². The number of phenols is 1. The molecule has 0 radical (unpaired) electrons. The summed E-state index contributed by atoms with van der Waals surface area (Å²) < 4.78 is 0. The third-order valence-electron chi connectivity index (χ3n) is 4.91. The summed E-state index contributed by atoms with van der Waals surface area (Å²) >= 11 is 3.85. The summed E-state index contributed by atoms with van der Waals surface area (Å²) in [6.07, 6.45) is -2.21. The summed E-state index contributed by atoms with van der Waals surface area (Å²) in [6, 6.07) is 0.224. The second-order valence-electron chi connectivity index (χ2n) is 7.77. The number of nitrogens with two attached hydrogens (primary N) is 1. The molecule has 0 saturated carbocycles. The van der Waals surface area contributed by atoms with Gasteiger partial charge in [0, 0.05) is 18.6 Å². The maximum absolute atomic E-state index is 13.1. The van der Waals surface area contributed by atoms with E-state index >= 15 is 0 Å². The molecule has 0 bridgehead atoms. The Morgan fingerprint density at radius 3 is 1.91 bits per heavy atom. The van der Waals surface area contributed by atoms with Gasteiger partial charge in [-0.05, 0) is 31.0 Å². The Hall–Kier alpha value is -3.36. The summed E-state index contributed by atoms with van der Waals surface area (Å²) in [4.78, 5) is 60.3. The number of amides is 3. The summed E-state index contributed by atoms with van der Waals surface area (Å²) in [7, 11) is 0. The molecule has 5 unspecified atom stereocenters. The van der Waals surface area contributed by atoms with E-state index in [1.165, 1.54) is 31.2 Å². The van der Waals surface area contributed by atoms with Crippen LogP contribution in [-0.4, -0.2) is 86.1 Å². The highest BCUT2D eigenvalue weighted by atomic mass is 32.1. The zero-order chi connectivity index (χ0) is 26.7. The highest BCUT2D eigenvalue weighted by molar-refractivity contribution is 7.80. The molecule has 194 valence electrons. The highest BCUT2D eigenvalue weighted by Gasteiger charge is 2.31. The van der Waals surface area contributed by atoms with Gasteiger partial charge >= 0.3 is 11.9 Å². The first-order chi connectivity index (χ1) is 16.3. The SMILES string of the molecule is CC(O)C(N)C(=O)NC(Cc1ccc(O)cc1)C(=O)NC(CCC(=O)O)C(=O)NC(CS)C(=O)O. The van der Waals surface area contributed by atoms with Gasteiger partial charge in [0.1, 0.15) is 29.9 Å². The number of hydrogen-bond acceptors (Lipinski definition) is 9. The molecule has 13 nitrogen and oxygen atoms in total. The lowest BCUT2D eigenvalue weighted by molar-refractivity contribution is -0.142. The smallest absolute Gasteiger partial charge is 0.327 e. The largest absolute Gasteiger partial charge is 0.508 e. The molecule has 0 heterocycles. The van der Waals surface area contributed by atoms with Crippen LogP contribution < -0.4 is 21.7 Å². The number of aliphatic hydroxyl groups excluding tert-OH is 1. The van der Waals surface area contributed by atoms with Gasteiger partial charge in [0.15, 0.2) is 0 Å². The van der Waals surface area contributed by atoms with Gasteiger partial charge in [0.05, 0.1) is 6.10 Å². The number of carboxylic acid groups (broad SMARTS) is 2. The minimum atomic E-state index is -1.44. The molecule has 1 rings (SSSR count). The number of aliphatic hydroxyl groups is 1. The highest BCUT2D eigenvalue weighted by Crippen LogP contribution is 2.12. The van der Waals surface area contributed by atoms with Crippen molar-refractivity contribution in [1.82, 2.24) is 16.0 Å². The van der Waals surface area contributed by atoms with Crippen LogP contribution in [0.15, 0.2) is 24.3 Å². The van der Waals surface area contributed by atoms with Crippen molar-refractivity contribution in [2.75, 3.05) is 5.75 Å². The quantitative estimate of drug-likeness (QED) is 0.124. The van der Waals surface area contributed by atoms with E-state index in [-0.39, 0.29) is 24.3 Å². The first kappa shape index (κ1) is 29.7. The van der Waals surface area contributed by atoms with Crippen molar-refractivity contribution in [2.24, 2.45) is 5.73 Å². The van der Waals surface area contributed by atoms with Gasteiger partial charge in [0.25, 0.3) is 0 Å². The van der Waals surface area contributed by atoms with Crippen LogP contribution in [0.4, 0.5) is 0 Å². The normalized spacial score (nSPS) is 15.1. The lowest BCUT2D eigenvalue weighted by Crippen LogP contribution is -2.58. The lowest BCUT2D eigenvalue weighted by atomic mass is 10.0. The van der Waals surface area contributed by atoms with E-state index in [2.05, 4.69) is 28.6 Å². The Morgan fingerprint density at radius 2 is 1.43 bits per heavy atom. The van der Waals surface area contributed by atoms with Crippen LogP contribution in [0.5, 0.6) is 5.75 Å². The fourth-order valence-corrected chi connectivity index (χ4v) is 3.08. The summed E-state index contributed by atoms with van der Waals surface area (Å²) in [5.41, 5.74) is 6.15. The van der Waals surface area contributed by atoms with E-state index in [0.717, 1.165) is 0 Å². The summed E-state index contributed by atoms with van der Waals surface area (Å²) in [5, 5.41) is 44.1. The van der Waals surface area contributed by atoms with Gasteiger partial charge in [-0.25, -0.2) is 4.79 Å². The molecule has 1 aromatic rings. The molecular formula is C21H30N4O9S. The third kappa shape index (κ3) is 10.2. The average molecular weight is 515 g/mol. The maximum Gasteiger partial charge on any atom is 0.327 e. The zero-order valence-corrected chi connectivity index (χ0v) is 19.8. The number of rotatable bonds is 14. The Morgan fingerprint density at radius 1 is 0.914 bits per heavy atom. The van der Waals surface area contributed by atoms with Crippen molar-refractivity contribution in [1.29, 1.82) is 0 Å². The molecule has 9 N–H and O–H groups in total. The number of aromatic hydroxyl groups is 1. The molecule has 1 aromatic carbocycles. The number of carboxylic acids is 2. The number of carbonyl (C=O) groups is 5. The second kappa shape index (κ2) is 14.1. The van der Waals surface area contributed by atoms with Crippen LogP contribution in [0.25, 0.3) is 0 Å². The number of phenolic OH excluding ortho intramolecular Hbond substituents is 1. The van der Waals surface area contributed by atoms with E-state index in [0.29, 0.717) is 5.56 Å². The minimum absolute atomic E-state index is 0.0301. The van der Waals surface area contributed by atoms with Crippen LogP contribution in [-0.2, 0) is 30.4 Å². The van der Waals surface area contributed by atoms with E-state index in [1.807, 2.05) is 0 Å². The topological polar surface area (TPSA) is 228 Å². The Bertz CT molecular complexity index is 911. The number of benzene rings is 1. The molecule has 0 saturated heterocycles. The molecule has 0 aliphatic heterocycles. The number of thiol groups is 1. The van der Waals surface area contributed by atoms with Gasteiger partial charge in [-0.3, -0.25) is 19.2 Å². The predicted molar refractivity (Wildman–Crippen MR) is 126 cm³/mol. The van der Waals surface area contributed by atoms with Gasteiger partial charge in [-0.2, -0.15) is 12.6 Å². The van der Waals surface area contributed by atoms with Crippen molar-refractivity contribution in [3.63, 3.8) is 0 Å². The monoisotopic (exact) mass is 514 g/mol. The lowest BCUT2D eigenvalue weighted by Gasteiger charge is -2.25. The molecule has 0 fully saturated rings. The van der Waals surface area contributed by atoms with Crippen LogP contribution in [0.3, 0.4) is 0 Å². The zero-order valence-electron chi connectivity index (χ0n) is 18.9. The molecule has 0 aliphatic rings. The standard InChI is InChI=1S/C21H30N4O9S/c1-10(26)17(22)20(32)24-14(8-11-2-4-12(27)5-3-11)19(31)23-13(6-7-16(28)29)18(30)25-15(9-35)21(33)34/h2-5,10,13-15,17,26-27,35H,6-9,22H2,1H3,(H,23,31)(H,24,32)(H,25,30)(H,28,29)(H,33,34). The van der Waals surface area contributed by atoms with Crippen molar-refractivity contribution >= 4 is 42.3 Å². The van der Waals surface area contributed by atoms with Gasteiger partial charge < -0.3 is 42.1 Å². The molecule has 5 atom stereocenters. The van der Waals surface area contributed by atoms with Gasteiger partial charge in [-0.15, -0.1) is 0 Å². The van der Waals surface area contributed by atoms with Crippen molar-refractivity contribution in [3.8, 4) is 5.75 Å². The van der Waals surface area contributed by atoms with E-state index in [9.17, 15) is 34.2 Å². The first-order valence-corrected chi connectivity index (χ1v) is 11.2. The Balaban J connectivity index is 3.14. The Labute approximate surface area is 206 Å². The molecular weight excluding hydrogens is 484 g/mol. The predicted octanol–water partition coefficient (Wildman–Crippen LogP) is -2.02. The fraction of sp³-hybridized carbons (Fsp3) is 0.476. The van der Waals surface area contributed by atoms with E-state index in [4.69, 9.17) is 15.9 Å². The molecule has 0 spiro atoms. The molecule has 0 aliphatic carbocycles. The third-order valence-corrected chi connectivity index (χ3v) is 5.27. The van der Waals surface area contributed by atoms with Crippen LogP contribution in [0.2, 0.25) is 0 Å². The first-order valence-electron chi connectivity index (χ1n) is 10.5. The Kier molecular flexibility index (Phi) is 12.0. The molecule has 35 heavy (non-hydrogen) atoms. The summed E-state index contributed by atoms with van der Waals surface area (Å²) in [6.45, 7) is 1.28. The molecule has 14 heteroatoms. The fourth-order valence-electron chi connectivity index (χ4n) is 2.83. The second-order valence-corrected chi connectivity index (χ2v) is 8.14. The number of hydrogen-bond donors (Lipinski definition) is 9. The molecule has 3 amide bonds. The van der Waals surface area contributed by atoms with Crippen LogP contribution in [0, 0.1) is 0 Å². The average Bonchev–Trinajstić information content (AvgIpc) is 2.79.